The molecule has 0 aliphatic heterocycles. The zero-order chi connectivity index (χ0) is 23.3. The van der Waals surface area contributed by atoms with E-state index >= 15 is 0 Å². The maximum Gasteiger partial charge on any atom is 2.00 e. The van der Waals surface area contributed by atoms with Crippen LogP contribution in [0, 0.1) is 69.6 Å². The SMILES string of the molecule is N#Cc1[c-]cccc1.N#Cc1[c-]cccc1.N#Cc1[c-]cccc1.N#Cc1[c-]cccc1.[Cl-].[Cl-].[Pd+2].[Pd+2]. The van der Waals surface area contributed by atoms with Crippen LogP contribution >= 0.6 is 0 Å². The van der Waals surface area contributed by atoms with Gasteiger partial charge < -0.3 is 24.8 Å². The number of rotatable bonds is 0. The summed E-state index contributed by atoms with van der Waals surface area (Å²) in [5, 5.41) is 33.0. The van der Waals surface area contributed by atoms with Crippen LogP contribution in [-0.4, -0.2) is 0 Å². The molecule has 0 aromatic heterocycles. The summed E-state index contributed by atoms with van der Waals surface area (Å²) in [7, 11) is 0. The molecule has 0 N–H and O–H groups in total. The normalized spacial score (nSPS) is 7.00. The number of hydrogen-bond acceptors (Lipinski definition) is 4. The van der Waals surface area contributed by atoms with Crippen LogP contribution in [-0.2, 0) is 40.8 Å². The minimum Gasteiger partial charge on any atom is -1.00 e. The maximum atomic E-state index is 8.26. The maximum absolute atomic E-state index is 8.26. The van der Waals surface area contributed by atoms with Gasteiger partial charge in [-0.3, -0.25) is 21.0 Å². The average Bonchev–Trinajstić information content (AvgIpc) is 2.91. The van der Waals surface area contributed by atoms with Gasteiger partial charge in [0.15, 0.2) is 0 Å². The summed E-state index contributed by atoms with van der Waals surface area (Å²) < 4.78 is 0. The molecule has 0 saturated heterocycles. The first kappa shape index (κ1) is 39.9. The summed E-state index contributed by atoms with van der Waals surface area (Å²) >= 11 is 0. The molecule has 0 spiro atoms. The molecule has 0 saturated carbocycles. The first-order valence-corrected chi connectivity index (χ1v) is 9.20. The topological polar surface area (TPSA) is 95.2 Å². The van der Waals surface area contributed by atoms with Gasteiger partial charge in [0.2, 0.25) is 0 Å². The van der Waals surface area contributed by atoms with Crippen molar-refractivity contribution >= 4 is 0 Å². The molecule has 0 atom stereocenters. The second-order valence-corrected chi connectivity index (χ2v) is 5.55. The Balaban J connectivity index is -0.000000183. The van der Waals surface area contributed by atoms with E-state index in [9.17, 15) is 0 Å². The van der Waals surface area contributed by atoms with Crippen molar-refractivity contribution in [3.63, 3.8) is 0 Å². The molecule has 0 fully saturated rings. The Bertz CT molecular complexity index is 1000. The molecule has 0 aliphatic carbocycles. The van der Waals surface area contributed by atoms with Crippen molar-refractivity contribution in [1.82, 2.24) is 0 Å². The molecule has 36 heavy (non-hydrogen) atoms. The van der Waals surface area contributed by atoms with Gasteiger partial charge in [0.1, 0.15) is 0 Å². The molecule has 184 valence electrons. The van der Waals surface area contributed by atoms with E-state index in [1.54, 1.807) is 48.5 Å². The largest absolute Gasteiger partial charge is 2.00 e. The first-order valence-electron chi connectivity index (χ1n) is 9.20. The zero-order valence-electron chi connectivity index (χ0n) is 18.4. The Labute approximate surface area is 253 Å². The molecule has 4 aromatic rings. The van der Waals surface area contributed by atoms with E-state index in [2.05, 4.69) is 24.3 Å². The van der Waals surface area contributed by atoms with Gasteiger partial charge in [-0.05, 0) is 24.3 Å². The van der Waals surface area contributed by atoms with E-state index in [-0.39, 0.29) is 65.7 Å². The van der Waals surface area contributed by atoms with Gasteiger partial charge in [0, 0.05) is 0 Å². The molecule has 0 bridgehead atoms. The Morgan fingerprint density at radius 2 is 0.583 bits per heavy atom. The van der Waals surface area contributed by atoms with Crippen molar-refractivity contribution in [3.05, 3.63) is 144 Å². The number of benzene rings is 4. The van der Waals surface area contributed by atoms with Gasteiger partial charge in [-0.25, -0.2) is 0 Å². The summed E-state index contributed by atoms with van der Waals surface area (Å²) in [5.41, 5.74) is 2.36. The summed E-state index contributed by atoms with van der Waals surface area (Å²) in [6, 6.07) is 47.3. The van der Waals surface area contributed by atoms with Crippen LogP contribution in [0.15, 0.2) is 97.1 Å². The van der Waals surface area contributed by atoms with E-state index < -0.39 is 0 Å². The van der Waals surface area contributed by atoms with Gasteiger partial charge in [-0.1, -0.05) is 22.3 Å². The molecule has 0 radical (unpaired) electrons. The van der Waals surface area contributed by atoms with Crippen molar-refractivity contribution in [2.45, 2.75) is 0 Å². The van der Waals surface area contributed by atoms with E-state index in [0.29, 0.717) is 22.3 Å². The van der Waals surface area contributed by atoms with Crippen molar-refractivity contribution in [2.75, 3.05) is 0 Å². The van der Waals surface area contributed by atoms with Crippen molar-refractivity contribution < 1.29 is 65.7 Å². The minimum absolute atomic E-state index is 0. The number of halogens is 2. The predicted molar refractivity (Wildman–Crippen MR) is 120 cm³/mol. The Hall–Kier alpha value is -3.26. The Kier molecular flexibility index (Phi) is 31.0. The molecule has 0 unspecified atom stereocenters. The molecule has 0 heterocycles. The fourth-order valence-electron chi connectivity index (χ4n) is 1.85. The molecule has 4 aromatic carbocycles. The first-order chi connectivity index (χ1) is 15.7. The quantitative estimate of drug-likeness (QED) is 0.183. The van der Waals surface area contributed by atoms with Crippen LogP contribution in [0.2, 0.25) is 0 Å². The van der Waals surface area contributed by atoms with Crippen molar-refractivity contribution in [2.24, 2.45) is 0 Å². The van der Waals surface area contributed by atoms with Crippen molar-refractivity contribution in [3.8, 4) is 24.3 Å². The van der Waals surface area contributed by atoms with Crippen LogP contribution < -0.4 is 24.8 Å². The number of hydrogen-bond donors (Lipinski definition) is 0. The Morgan fingerprint density at radius 3 is 0.667 bits per heavy atom. The standard InChI is InChI=1S/4C7H4N.2ClH.2Pd/c4*8-6-7-4-2-1-3-5-7;;;;/h4*1-4H;2*1H;;/q4*-1;;;2*+2/p-2. The molecule has 4 nitrogen and oxygen atoms in total. The van der Waals surface area contributed by atoms with Crippen LogP contribution in [0.1, 0.15) is 22.3 Å². The molecule has 4 rings (SSSR count). The summed E-state index contributed by atoms with van der Waals surface area (Å²) in [6.45, 7) is 0. The summed E-state index contributed by atoms with van der Waals surface area (Å²) in [5.74, 6) is 0. The molecule has 0 aliphatic rings. The third-order valence-corrected chi connectivity index (χ3v) is 3.32. The van der Waals surface area contributed by atoms with E-state index in [4.69, 9.17) is 21.0 Å². The molecule has 0 amide bonds. The molecular weight excluding hydrogens is 676 g/mol. The van der Waals surface area contributed by atoms with Gasteiger partial charge in [-0.15, -0.1) is 121 Å². The van der Waals surface area contributed by atoms with Crippen LogP contribution in [0.4, 0.5) is 0 Å². The molecule has 8 heteroatoms. The predicted octanol–water partition coefficient (Wildman–Crippen LogP) is -0.563. The average molecular weight is 692 g/mol. The number of nitriles is 4. The second-order valence-electron chi connectivity index (χ2n) is 5.55. The van der Waals surface area contributed by atoms with Gasteiger partial charge in [0.05, 0.1) is 0 Å². The van der Waals surface area contributed by atoms with Crippen LogP contribution in [0.25, 0.3) is 0 Å². The third-order valence-electron chi connectivity index (χ3n) is 3.32. The minimum atomic E-state index is 0. The zero-order valence-corrected chi connectivity index (χ0v) is 23.0. The monoisotopic (exact) mass is 690 g/mol. The van der Waals surface area contributed by atoms with Gasteiger partial charge >= 0.3 is 40.8 Å². The molecular formula is C28H16Cl2N4Pd2-2. The fourth-order valence-corrected chi connectivity index (χ4v) is 1.85. The van der Waals surface area contributed by atoms with Gasteiger partial charge in [0.25, 0.3) is 0 Å². The summed E-state index contributed by atoms with van der Waals surface area (Å²) in [6.07, 6.45) is 0. The van der Waals surface area contributed by atoms with E-state index in [1.165, 1.54) is 0 Å². The fraction of sp³-hybridized carbons (Fsp3) is 0. The van der Waals surface area contributed by atoms with Crippen molar-refractivity contribution in [1.29, 1.82) is 21.0 Å². The Morgan fingerprint density at radius 1 is 0.389 bits per heavy atom. The summed E-state index contributed by atoms with van der Waals surface area (Å²) in [4.78, 5) is 0. The van der Waals surface area contributed by atoms with Crippen LogP contribution in [0.3, 0.4) is 0 Å². The smallest absolute Gasteiger partial charge is 1.00 e. The van der Waals surface area contributed by atoms with Crippen LogP contribution in [0.5, 0.6) is 0 Å². The second kappa shape index (κ2) is 28.0. The van der Waals surface area contributed by atoms with E-state index in [1.807, 2.05) is 72.8 Å². The number of nitrogens with zero attached hydrogens (tertiary/aromatic N) is 4. The van der Waals surface area contributed by atoms with E-state index in [0.717, 1.165) is 0 Å². The van der Waals surface area contributed by atoms with Gasteiger partial charge in [-0.2, -0.15) is 0 Å². The third kappa shape index (κ3) is 20.1.